The molecule has 1 aromatic heterocycles. The van der Waals surface area contributed by atoms with Crippen LogP contribution in [-0.2, 0) is 25.7 Å². The number of anilines is 1. The van der Waals surface area contributed by atoms with Crippen molar-refractivity contribution < 1.29 is 24.2 Å². The van der Waals surface area contributed by atoms with E-state index in [4.69, 9.17) is 20.3 Å². The van der Waals surface area contributed by atoms with Gasteiger partial charge in [0.2, 0.25) is 5.91 Å². The van der Waals surface area contributed by atoms with E-state index in [1.807, 2.05) is 53.4 Å². The van der Waals surface area contributed by atoms with Crippen molar-refractivity contribution in [3.63, 3.8) is 0 Å². The van der Waals surface area contributed by atoms with Crippen LogP contribution in [0.1, 0.15) is 12.0 Å². The normalized spacial score (nSPS) is 17.8. The van der Waals surface area contributed by atoms with Crippen LogP contribution < -0.4 is 16.4 Å². The lowest BCUT2D eigenvalue weighted by Gasteiger charge is -2.28. The highest BCUT2D eigenvalue weighted by Crippen LogP contribution is 2.25. The Morgan fingerprint density at radius 2 is 2.00 bits per heavy atom. The van der Waals surface area contributed by atoms with E-state index in [-0.39, 0.29) is 18.8 Å². The Morgan fingerprint density at radius 1 is 1.24 bits per heavy atom. The Kier molecular flexibility index (Phi) is 8.87. The minimum atomic E-state index is -1.31. The first-order valence-electron chi connectivity index (χ1n) is 10.8. The number of aromatic nitrogens is 1. The highest BCUT2D eigenvalue weighted by molar-refractivity contribution is 5.86. The second-order valence-corrected chi connectivity index (χ2v) is 7.71. The van der Waals surface area contributed by atoms with E-state index in [2.05, 4.69) is 22.2 Å². The van der Waals surface area contributed by atoms with Gasteiger partial charge in [-0.05, 0) is 30.7 Å². The number of rotatable bonds is 12. The molecule has 0 spiro atoms. The van der Waals surface area contributed by atoms with Crippen LogP contribution in [0.2, 0.25) is 0 Å². The highest BCUT2D eigenvalue weighted by Gasteiger charge is 2.34. The van der Waals surface area contributed by atoms with Gasteiger partial charge in [0.15, 0.2) is 5.88 Å². The van der Waals surface area contributed by atoms with Crippen LogP contribution in [0.15, 0.2) is 79.1 Å². The van der Waals surface area contributed by atoms with E-state index in [0.29, 0.717) is 32.0 Å². The molecule has 1 saturated heterocycles. The number of amides is 1. The van der Waals surface area contributed by atoms with Crippen LogP contribution in [-0.4, -0.2) is 58.7 Å². The Bertz CT molecular complexity index is 999. The average Bonchev–Trinajstić information content (AvgIpc) is 3.27. The molecular weight excluding hydrogens is 438 g/mol. The number of nitrogens with one attached hydrogen (secondary N) is 2. The molecule has 2 heterocycles. The summed E-state index contributed by atoms with van der Waals surface area (Å²) in [5, 5.41) is 14.4. The summed E-state index contributed by atoms with van der Waals surface area (Å²) in [6.45, 7) is 5.32. The van der Waals surface area contributed by atoms with Crippen molar-refractivity contribution in [1.29, 1.82) is 0 Å². The van der Waals surface area contributed by atoms with Gasteiger partial charge in [-0.3, -0.25) is 4.79 Å². The molecule has 0 unspecified atom stereocenters. The van der Waals surface area contributed by atoms with E-state index in [9.17, 15) is 9.59 Å². The molecule has 0 aliphatic carbocycles. The lowest BCUT2D eigenvalue weighted by atomic mass is 10.2. The van der Waals surface area contributed by atoms with Crippen molar-refractivity contribution in [2.24, 2.45) is 5.73 Å². The summed E-state index contributed by atoms with van der Waals surface area (Å²) in [6.07, 6.45) is 3.04. The smallest absolute Gasteiger partial charge is 0.353 e. The Hall–Kier alpha value is -4.05. The van der Waals surface area contributed by atoms with Gasteiger partial charge >= 0.3 is 5.97 Å². The zero-order valence-electron chi connectivity index (χ0n) is 18.7. The van der Waals surface area contributed by atoms with E-state index >= 15 is 0 Å². The van der Waals surface area contributed by atoms with Gasteiger partial charge in [-0.25, -0.2) is 9.78 Å². The van der Waals surface area contributed by atoms with Crippen molar-refractivity contribution in [3.05, 3.63) is 84.7 Å². The summed E-state index contributed by atoms with van der Waals surface area (Å²) in [5.41, 5.74) is 5.84. The van der Waals surface area contributed by atoms with Gasteiger partial charge in [0, 0.05) is 25.5 Å². The van der Waals surface area contributed by atoms with Crippen LogP contribution in [0, 0.1) is 0 Å². The molecule has 10 heteroatoms. The van der Waals surface area contributed by atoms with Crippen molar-refractivity contribution >= 4 is 17.7 Å². The largest absolute Gasteiger partial charge is 0.477 e. The lowest BCUT2D eigenvalue weighted by Crippen LogP contribution is -2.35. The number of nitrogens with two attached hydrogens (primary N) is 1. The van der Waals surface area contributed by atoms with Gasteiger partial charge in [-0.1, -0.05) is 36.4 Å². The Labute approximate surface area is 198 Å². The van der Waals surface area contributed by atoms with Gasteiger partial charge in [0.1, 0.15) is 24.7 Å². The standard InChI is InChI=1S/C24H29N5O5/c1-17(33-15-18-7-3-2-4-8-18)29-14-20(34-16-23(30)28-13-21(25)24(31)32)11-19(29)12-27-22-9-5-6-10-26-22/h2-10,13,19-20H,1,11-12,14-16,25H2,(H,26,27)(H,28,30)(H,31,32)/b21-13-/t19-,20+/m0/s1. The summed E-state index contributed by atoms with van der Waals surface area (Å²) in [6, 6.07) is 15.4. The zero-order chi connectivity index (χ0) is 24.3. The van der Waals surface area contributed by atoms with E-state index in [0.717, 1.165) is 17.6 Å². The van der Waals surface area contributed by atoms with Crippen molar-refractivity contribution in [2.75, 3.05) is 25.0 Å². The molecule has 0 bridgehead atoms. The summed E-state index contributed by atoms with van der Waals surface area (Å²) in [7, 11) is 0. The molecule has 1 amide bonds. The number of pyridine rings is 1. The number of aliphatic carboxylic acids is 1. The fourth-order valence-electron chi connectivity index (χ4n) is 3.46. The van der Waals surface area contributed by atoms with Crippen LogP contribution in [0.3, 0.4) is 0 Å². The summed E-state index contributed by atoms with van der Waals surface area (Å²) >= 11 is 0. The predicted molar refractivity (Wildman–Crippen MR) is 126 cm³/mol. The van der Waals surface area contributed by atoms with E-state index in [1.165, 1.54) is 0 Å². The minimum absolute atomic E-state index is 0.000825. The minimum Gasteiger partial charge on any atom is -0.477 e. The first-order valence-corrected chi connectivity index (χ1v) is 10.8. The fraction of sp³-hybridized carbons (Fsp3) is 0.292. The van der Waals surface area contributed by atoms with Gasteiger partial charge in [-0.2, -0.15) is 0 Å². The van der Waals surface area contributed by atoms with Crippen molar-refractivity contribution in [3.8, 4) is 0 Å². The summed E-state index contributed by atoms with van der Waals surface area (Å²) < 4.78 is 11.7. The van der Waals surface area contributed by atoms with Gasteiger partial charge < -0.3 is 35.8 Å². The Balaban J connectivity index is 1.56. The molecule has 1 aliphatic rings. The number of likely N-dealkylation sites (tertiary alicyclic amines) is 1. The monoisotopic (exact) mass is 467 g/mol. The maximum Gasteiger partial charge on any atom is 0.353 e. The van der Waals surface area contributed by atoms with Crippen LogP contribution in [0.4, 0.5) is 5.82 Å². The molecule has 10 nitrogen and oxygen atoms in total. The van der Waals surface area contributed by atoms with Gasteiger partial charge in [-0.15, -0.1) is 0 Å². The average molecular weight is 468 g/mol. The number of hydrogen-bond acceptors (Lipinski definition) is 8. The molecule has 180 valence electrons. The molecular formula is C24H29N5O5. The maximum absolute atomic E-state index is 12.0. The van der Waals surface area contributed by atoms with Crippen LogP contribution in [0.5, 0.6) is 0 Å². The molecule has 0 saturated carbocycles. The lowest BCUT2D eigenvalue weighted by molar-refractivity contribution is -0.132. The summed E-state index contributed by atoms with van der Waals surface area (Å²) in [5.74, 6) is -0.538. The van der Waals surface area contributed by atoms with Gasteiger partial charge in [0.25, 0.3) is 0 Å². The fourth-order valence-corrected chi connectivity index (χ4v) is 3.46. The second-order valence-electron chi connectivity index (χ2n) is 7.71. The number of carbonyl (C=O) groups excluding carboxylic acids is 1. The van der Waals surface area contributed by atoms with E-state index in [1.54, 1.807) is 6.20 Å². The third-order valence-electron chi connectivity index (χ3n) is 5.21. The SMILES string of the molecule is C=C(OCc1ccccc1)N1C[C@H](OCC(=O)N/C=C(\N)C(=O)O)C[C@H]1CNc1ccccn1. The molecule has 5 N–H and O–H groups in total. The van der Waals surface area contributed by atoms with Gasteiger partial charge in [0.05, 0.1) is 12.1 Å². The first-order chi connectivity index (χ1) is 16.4. The maximum atomic E-state index is 12.0. The molecule has 0 radical (unpaired) electrons. The molecule has 1 aliphatic heterocycles. The second kappa shape index (κ2) is 12.3. The third-order valence-corrected chi connectivity index (χ3v) is 5.21. The molecule has 2 atom stereocenters. The number of nitrogens with zero attached hydrogens (tertiary/aromatic N) is 2. The molecule has 2 aromatic rings. The Morgan fingerprint density at radius 3 is 2.71 bits per heavy atom. The highest BCUT2D eigenvalue weighted by atomic mass is 16.5. The number of hydrogen-bond donors (Lipinski definition) is 4. The quantitative estimate of drug-likeness (QED) is 0.271. The number of carboxylic acids is 1. The molecule has 3 rings (SSSR count). The molecule has 1 fully saturated rings. The van der Waals surface area contributed by atoms with Crippen LogP contribution in [0.25, 0.3) is 0 Å². The molecule has 34 heavy (non-hydrogen) atoms. The number of ether oxygens (including phenoxy) is 2. The van der Waals surface area contributed by atoms with E-state index < -0.39 is 17.6 Å². The predicted octanol–water partition coefficient (Wildman–Crippen LogP) is 1.64. The molecule has 1 aromatic carbocycles. The van der Waals surface area contributed by atoms with Crippen LogP contribution >= 0.6 is 0 Å². The van der Waals surface area contributed by atoms with Crippen molar-refractivity contribution in [1.82, 2.24) is 15.2 Å². The number of carboxylic acid groups (broad SMARTS) is 1. The zero-order valence-corrected chi connectivity index (χ0v) is 18.7. The first kappa shape index (κ1) is 24.6. The number of benzene rings is 1. The summed E-state index contributed by atoms with van der Waals surface area (Å²) in [4.78, 5) is 29.0. The third kappa shape index (κ3) is 7.52. The number of carbonyl (C=O) groups is 2. The van der Waals surface area contributed by atoms with Crippen molar-refractivity contribution in [2.45, 2.75) is 25.2 Å². The topological polar surface area (TPSA) is 139 Å².